The average Bonchev–Trinajstić information content (AvgIpc) is 2.93. The van der Waals surface area contributed by atoms with E-state index >= 15 is 0 Å². The third kappa shape index (κ3) is 1.42. The predicted octanol–water partition coefficient (Wildman–Crippen LogP) is 3.33. The van der Waals surface area contributed by atoms with E-state index in [0.29, 0.717) is 17.9 Å². The minimum atomic E-state index is 0.335. The summed E-state index contributed by atoms with van der Waals surface area (Å²) in [6, 6.07) is 10.5. The molecular formula is C16H16O. The number of hydrogen-bond acceptors (Lipinski definition) is 1. The minimum Gasteiger partial charge on any atom is -0.369 e. The molecule has 4 unspecified atom stereocenters. The molecule has 1 saturated carbocycles. The molecule has 1 nitrogen and oxygen atoms in total. The van der Waals surface area contributed by atoms with Crippen molar-refractivity contribution in [1.82, 2.24) is 0 Å². The molecule has 0 spiro atoms. The molecule has 4 aliphatic carbocycles. The van der Waals surface area contributed by atoms with E-state index in [0.717, 1.165) is 12.5 Å². The Balaban J connectivity index is 1.43. The van der Waals surface area contributed by atoms with E-state index in [1.54, 1.807) is 5.57 Å². The third-order valence-electron chi connectivity index (χ3n) is 4.41. The zero-order valence-electron chi connectivity index (χ0n) is 9.75. The quantitative estimate of drug-likeness (QED) is 0.715. The van der Waals surface area contributed by atoms with Crippen molar-refractivity contribution >= 4 is 0 Å². The molecule has 1 aromatic carbocycles. The molecule has 1 fully saturated rings. The lowest BCUT2D eigenvalue weighted by Crippen LogP contribution is -2.23. The van der Waals surface area contributed by atoms with Gasteiger partial charge in [-0.3, -0.25) is 0 Å². The Hall–Kier alpha value is -1.34. The summed E-state index contributed by atoms with van der Waals surface area (Å²) < 4.78 is 6.08. The van der Waals surface area contributed by atoms with E-state index in [-0.39, 0.29) is 0 Å². The molecule has 2 bridgehead atoms. The Morgan fingerprint density at radius 3 is 2.76 bits per heavy atom. The fourth-order valence-corrected chi connectivity index (χ4v) is 3.51. The van der Waals surface area contributed by atoms with Crippen molar-refractivity contribution in [2.45, 2.75) is 19.1 Å². The van der Waals surface area contributed by atoms with Crippen LogP contribution in [0.15, 0.2) is 54.1 Å². The van der Waals surface area contributed by atoms with Gasteiger partial charge in [0.25, 0.3) is 0 Å². The molecule has 1 aromatic rings. The molecule has 5 rings (SSSR count). The van der Waals surface area contributed by atoms with E-state index in [1.165, 1.54) is 12.0 Å². The van der Waals surface area contributed by atoms with Crippen LogP contribution in [-0.4, -0.2) is 6.10 Å². The fraction of sp³-hybridized carbons (Fsp3) is 0.375. The first kappa shape index (κ1) is 9.67. The molecule has 0 N–H and O–H groups in total. The van der Waals surface area contributed by atoms with Crippen molar-refractivity contribution in [3.8, 4) is 0 Å². The van der Waals surface area contributed by atoms with Crippen LogP contribution in [0.2, 0.25) is 0 Å². The maximum atomic E-state index is 6.08. The number of rotatable bonds is 3. The van der Waals surface area contributed by atoms with Gasteiger partial charge in [-0.25, -0.2) is 0 Å². The number of ether oxygens (including phenoxy) is 1. The van der Waals surface area contributed by atoms with Gasteiger partial charge >= 0.3 is 0 Å². The van der Waals surface area contributed by atoms with Crippen LogP contribution in [0.25, 0.3) is 0 Å². The van der Waals surface area contributed by atoms with Crippen molar-refractivity contribution in [2.75, 3.05) is 0 Å². The second-order valence-electron chi connectivity index (χ2n) is 5.36. The fourth-order valence-electron chi connectivity index (χ4n) is 3.51. The monoisotopic (exact) mass is 224 g/mol. The lowest BCUT2D eigenvalue weighted by atomic mass is 9.89. The molecule has 4 atom stereocenters. The Labute approximate surface area is 102 Å². The molecule has 1 heteroatoms. The zero-order chi connectivity index (χ0) is 11.2. The second kappa shape index (κ2) is 3.58. The maximum absolute atomic E-state index is 6.08. The van der Waals surface area contributed by atoms with Crippen LogP contribution < -0.4 is 0 Å². The van der Waals surface area contributed by atoms with Crippen LogP contribution in [-0.2, 0) is 11.3 Å². The molecule has 0 heterocycles. The molecular weight excluding hydrogens is 208 g/mol. The second-order valence-corrected chi connectivity index (χ2v) is 5.36. The van der Waals surface area contributed by atoms with Gasteiger partial charge in [-0.05, 0) is 17.9 Å². The lowest BCUT2D eigenvalue weighted by Gasteiger charge is -2.23. The first-order valence-electron chi connectivity index (χ1n) is 6.46. The Kier molecular flexibility index (Phi) is 2.03. The van der Waals surface area contributed by atoms with Gasteiger partial charge in [0.15, 0.2) is 0 Å². The molecule has 0 aromatic heterocycles. The van der Waals surface area contributed by atoms with Crippen LogP contribution >= 0.6 is 0 Å². The molecule has 86 valence electrons. The van der Waals surface area contributed by atoms with E-state index in [2.05, 4.69) is 42.5 Å². The SMILES string of the molecule is C1=CC2C3=CC(C3)C2C1OCc1ccccc1. The third-order valence-corrected chi connectivity index (χ3v) is 4.41. The van der Waals surface area contributed by atoms with E-state index in [1.807, 2.05) is 6.07 Å². The molecule has 0 aliphatic heterocycles. The lowest BCUT2D eigenvalue weighted by molar-refractivity contribution is 0.0288. The van der Waals surface area contributed by atoms with Gasteiger partial charge in [-0.1, -0.05) is 54.1 Å². The zero-order valence-corrected chi connectivity index (χ0v) is 9.75. The molecule has 4 aliphatic rings. The minimum absolute atomic E-state index is 0.335. The van der Waals surface area contributed by atoms with Crippen molar-refractivity contribution in [2.24, 2.45) is 17.8 Å². The standard InChI is InChI=1S/C16H16O/c1-2-4-11(5-3-1)10-17-15-7-6-14-12-8-13(9-12)16(14)15/h1-8,13-16H,9-10H2. The van der Waals surface area contributed by atoms with Crippen molar-refractivity contribution in [1.29, 1.82) is 0 Å². The maximum Gasteiger partial charge on any atom is 0.0803 e. The van der Waals surface area contributed by atoms with Crippen LogP contribution in [0.1, 0.15) is 12.0 Å². The first-order chi connectivity index (χ1) is 8.42. The highest BCUT2D eigenvalue weighted by atomic mass is 16.5. The largest absolute Gasteiger partial charge is 0.369 e. The smallest absolute Gasteiger partial charge is 0.0803 e. The van der Waals surface area contributed by atoms with Crippen LogP contribution in [0, 0.1) is 17.8 Å². The van der Waals surface area contributed by atoms with Gasteiger partial charge in [0, 0.05) is 11.8 Å². The number of hydrogen-bond donors (Lipinski definition) is 0. The normalized spacial score (nSPS) is 36.6. The Bertz CT molecular complexity index is 486. The first-order valence-corrected chi connectivity index (χ1v) is 6.46. The predicted molar refractivity (Wildman–Crippen MR) is 67.3 cm³/mol. The Morgan fingerprint density at radius 2 is 1.94 bits per heavy atom. The Morgan fingerprint density at radius 1 is 1.12 bits per heavy atom. The van der Waals surface area contributed by atoms with E-state index in [9.17, 15) is 0 Å². The highest BCUT2D eigenvalue weighted by Gasteiger charge is 2.49. The van der Waals surface area contributed by atoms with Gasteiger partial charge in [0.1, 0.15) is 0 Å². The van der Waals surface area contributed by atoms with Gasteiger partial charge in [0.05, 0.1) is 12.7 Å². The van der Waals surface area contributed by atoms with Gasteiger partial charge in [-0.15, -0.1) is 0 Å². The van der Waals surface area contributed by atoms with E-state index < -0.39 is 0 Å². The summed E-state index contributed by atoms with van der Waals surface area (Å²) in [6.45, 7) is 0.737. The summed E-state index contributed by atoms with van der Waals surface area (Å²) >= 11 is 0. The van der Waals surface area contributed by atoms with Crippen molar-refractivity contribution in [3.63, 3.8) is 0 Å². The van der Waals surface area contributed by atoms with Crippen molar-refractivity contribution < 1.29 is 4.74 Å². The highest BCUT2D eigenvalue weighted by Crippen LogP contribution is 2.56. The molecule has 17 heavy (non-hydrogen) atoms. The number of allylic oxidation sites excluding steroid dienone is 3. The summed E-state index contributed by atoms with van der Waals surface area (Å²) in [6.07, 6.45) is 8.75. The summed E-state index contributed by atoms with van der Waals surface area (Å²) in [5.74, 6) is 2.22. The summed E-state index contributed by atoms with van der Waals surface area (Å²) in [7, 11) is 0. The number of benzene rings is 1. The summed E-state index contributed by atoms with van der Waals surface area (Å²) in [5.41, 5.74) is 2.92. The van der Waals surface area contributed by atoms with Gasteiger partial charge < -0.3 is 4.74 Å². The van der Waals surface area contributed by atoms with E-state index in [4.69, 9.17) is 4.74 Å². The molecule has 0 amide bonds. The molecule has 0 saturated heterocycles. The van der Waals surface area contributed by atoms with Crippen LogP contribution in [0.3, 0.4) is 0 Å². The summed E-state index contributed by atoms with van der Waals surface area (Å²) in [4.78, 5) is 0. The topological polar surface area (TPSA) is 9.23 Å². The molecule has 0 radical (unpaired) electrons. The average molecular weight is 224 g/mol. The highest BCUT2D eigenvalue weighted by molar-refractivity contribution is 5.38. The van der Waals surface area contributed by atoms with Crippen LogP contribution in [0.4, 0.5) is 0 Å². The van der Waals surface area contributed by atoms with Crippen molar-refractivity contribution in [3.05, 3.63) is 59.7 Å². The van der Waals surface area contributed by atoms with Gasteiger partial charge in [0.2, 0.25) is 0 Å². The van der Waals surface area contributed by atoms with Crippen LogP contribution in [0.5, 0.6) is 0 Å². The summed E-state index contributed by atoms with van der Waals surface area (Å²) in [5, 5.41) is 0. The van der Waals surface area contributed by atoms with Gasteiger partial charge in [-0.2, -0.15) is 0 Å².